The Hall–Kier alpha value is -0.830. The Morgan fingerprint density at radius 2 is 2.11 bits per heavy atom. The van der Waals surface area contributed by atoms with Gasteiger partial charge in [-0.05, 0) is 56.4 Å². The highest BCUT2D eigenvalue weighted by Gasteiger charge is 2.48. The topological polar surface area (TPSA) is 21.1 Å². The third-order valence-electron chi connectivity index (χ3n) is 5.80. The van der Waals surface area contributed by atoms with Gasteiger partial charge in [-0.3, -0.25) is 0 Å². The number of nitrogens with zero attached hydrogens (tertiary/aromatic N) is 3. The first-order valence-electron chi connectivity index (χ1n) is 8.03. The standard InChI is InChI=1S/C16H25N3/c1-3-15(19-8-6-17-13-19)12-18(7-1)11-14-9-16(10-14)4-2-5-16/h6,8,13-15H,1-5,7,9-12H2/t15-/m0/s1. The lowest BCUT2D eigenvalue weighted by Gasteiger charge is -2.55. The molecule has 19 heavy (non-hydrogen) atoms. The van der Waals surface area contributed by atoms with Gasteiger partial charge in [0.05, 0.1) is 6.33 Å². The van der Waals surface area contributed by atoms with E-state index in [2.05, 4.69) is 20.6 Å². The molecule has 0 amide bonds. The van der Waals surface area contributed by atoms with Gasteiger partial charge in [0, 0.05) is 31.5 Å². The molecule has 2 heterocycles. The van der Waals surface area contributed by atoms with Crippen LogP contribution < -0.4 is 0 Å². The van der Waals surface area contributed by atoms with Crippen LogP contribution in [0.25, 0.3) is 0 Å². The minimum atomic E-state index is 0.661. The predicted octanol–water partition coefficient (Wildman–Crippen LogP) is 3.10. The van der Waals surface area contributed by atoms with Crippen molar-refractivity contribution in [2.45, 2.75) is 51.0 Å². The molecule has 1 spiro atoms. The van der Waals surface area contributed by atoms with E-state index >= 15 is 0 Å². The van der Waals surface area contributed by atoms with Gasteiger partial charge in [0.1, 0.15) is 0 Å². The molecule has 2 aliphatic carbocycles. The van der Waals surface area contributed by atoms with Crippen molar-refractivity contribution in [2.75, 3.05) is 19.6 Å². The Kier molecular flexibility index (Phi) is 2.91. The van der Waals surface area contributed by atoms with Crippen LogP contribution in [0.2, 0.25) is 0 Å². The fourth-order valence-corrected chi connectivity index (χ4v) is 4.67. The Labute approximate surface area is 116 Å². The Morgan fingerprint density at radius 3 is 2.79 bits per heavy atom. The van der Waals surface area contributed by atoms with Crippen LogP contribution in [0.5, 0.6) is 0 Å². The van der Waals surface area contributed by atoms with E-state index in [1.165, 1.54) is 64.6 Å². The third-order valence-corrected chi connectivity index (χ3v) is 5.80. The molecule has 3 aliphatic rings. The summed E-state index contributed by atoms with van der Waals surface area (Å²) in [6.45, 7) is 3.90. The largest absolute Gasteiger partial charge is 0.333 e. The van der Waals surface area contributed by atoms with Crippen LogP contribution in [0.1, 0.15) is 51.0 Å². The van der Waals surface area contributed by atoms with Gasteiger partial charge in [0.15, 0.2) is 0 Å². The minimum absolute atomic E-state index is 0.661. The molecule has 3 fully saturated rings. The molecule has 2 saturated carbocycles. The average molecular weight is 259 g/mol. The lowest BCUT2D eigenvalue weighted by molar-refractivity contribution is -0.0413. The zero-order chi connectivity index (χ0) is 12.7. The molecule has 4 rings (SSSR count). The van der Waals surface area contributed by atoms with E-state index in [-0.39, 0.29) is 0 Å². The molecule has 1 aliphatic heterocycles. The number of piperidine rings is 1. The van der Waals surface area contributed by atoms with E-state index in [9.17, 15) is 0 Å². The third kappa shape index (κ3) is 2.22. The summed E-state index contributed by atoms with van der Waals surface area (Å²) in [4.78, 5) is 6.91. The van der Waals surface area contributed by atoms with E-state index in [4.69, 9.17) is 0 Å². The molecule has 1 aromatic heterocycles. The quantitative estimate of drug-likeness (QED) is 0.831. The summed E-state index contributed by atoms with van der Waals surface area (Å²) in [6.07, 6.45) is 16.3. The van der Waals surface area contributed by atoms with Crippen molar-refractivity contribution >= 4 is 0 Å². The van der Waals surface area contributed by atoms with Crippen molar-refractivity contribution in [3.8, 4) is 0 Å². The molecule has 0 aromatic carbocycles. The van der Waals surface area contributed by atoms with Crippen LogP contribution >= 0.6 is 0 Å². The number of hydrogen-bond acceptors (Lipinski definition) is 2. The van der Waals surface area contributed by atoms with Crippen LogP contribution in [0.3, 0.4) is 0 Å². The van der Waals surface area contributed by atoms with E-state index in [0.29, 0.717) is 6.04 Å². The molecule has 0 bridgehead atoms. The fourth-order valence-electron chi connectivity index (χ4n) is 4.67. The van der Waals surface area contributed by atoms with Gasteiger partial charge in [-0.15, -0.1) is 0 Å². The van der Waals surface area contributed by atoms with Gasteiger partial charge in [0.2, 0.25) is 0 Å². The molecule has 3 heteroatoms. The summed E-state index contributed by atoms with van der Waals surface area (Å²) in [7, 11) is 0. The zero-order valence-electron chi connectivity index (χ0n) is 11.8. The van der Waals surface area contributed by atoms with Crippen molar-refractivity contribution in [2.24, 2.45) is 11.3 Å². The highest BCUT2D eigenvalue weighted by atomic mass is 15.2. The maximum absolute atomic E-state index is 4.19. The SMILES string of the molecule is c1cn([C@H]2CCCN(CC3CC4(CCC4)C3)C2)cn1. The monoisotopic (exact) mass is 259 g/mol. The predicted molar refractivity (Wildman–Crippen MR) is 75.9 cm³/mol. The number of imidazole rings is 1. The summed E-state index contributed by atoms with van der Waals surface area (Å²) in [6, 6.07) is 0.661. The number of aromatic nitrogens is 2. The minimum Gasteiger partial charge on any atom is -0.333 e. The highest BCUT2D eigenvalue weighted by molar-refractivity contribution is 5.00. The second-order valence-electron chi connectivity index (χ2n) is 7.19. The molecule has 1 saturated heterocycles. The summed E-state index contributed by atoms with van der Waals surface area (Å²) in [5.74, 6) is 1.00. The molecule has 0 radical (unpaired) electrons. The number of rotatable bonds is 3. The fraction of sp³-hybridized carbons (Fsp3) is 0.812. The summed E-state index contributed by atoms with van der Waals surface area (Å²) < 4.78 is 2.31. The normalized spacial score (nSPS) is 31.1. The summed E-state index contributed by atoms with van der Waals surface area (Å²) in [5.41, 5.74) is 0.838. The maximum atomic E-state index is 4.19. The molecule has 0 N–H and O–H groups in total. The van der Waals surface area contributed by atoms with Crippen molar-refractivity contribution in [3.63, 3.8) is 0 Å². The molecule has 1 atom stereocenters. The van der Waals surface area contributed by atoms with Crippen LogP contribution in [0.4, 0.5) is 0 Å². The first-order chi connectivity index (χ1) is 9.33. The average Bonchev–Trinajstić information content (AvgIpc) is 2.85. The van der Waals surface area contributed by atoms with E-state index in [1.807, 2.05) is 12.5 Å². The molecule has 0 unspecified atom stereocenters. The van der Waals surface area contributed by atoms with Crippen molar-refractivity contribution < 1.29 is 0 Å². The van der Waals surface area contributed by atoms with Gasteiger partial charge in [-0.2, -0.15) is 0 Å². The molecular weight excluding hydrogens is 234 g/mol. The first kappa shape index (κ1) is 12.0. The van der Waals surface area contributed by atoms with Crippen molar-refractivity contribution in [1.29, 1.82) is 0 Å². The van der Waals surface area contributed by atoms with Gasteiger partial charge in [0.25, 0.3) is 0 Å². The van der Waals surface area contributed by atoms with Crippen LogP contribution in [-0.4, -0.2) is 34.1 Å². The van der Waals surface area contributed by atoms with Crippen molar-refractivity contribution in [1.82, 2.24) is 14.5 Å². The lowest BCUT2D eigenvalue weighted by Crippen LogP contribution is -2.48. The Balaban J connectivity index is 1.30. The highest BCUT2D eigenvalue weighted by Crippen LogP contribution is 2.58. The van der Waals surface area contributed by atoms with Crippen LogP contribution in [0, 0.1) is 11.3 Å². The summed E-state index contributed by atoms with van der Waals surface area (Å²) in [5, 5.41) is 0. The van der Waals surface area contributed by atoms with Gasteiger partial charge in [-0.1, -0.05) is 6.42 Å². The Morgan fingerprint density at radius 1 is 1.21 bits per heavy atom. The molecular formula is C16H25N3. The molecule has 1 aromatic rings. The zero-order valence-corrected chi connectivity index (χ0v) is 11.8. The Bertz CT molecular complexity index is 413. The van der Waals surface area contributed by atoms with E-state index in [0.717, 1.165) is 11.3 Å². The maximum Gasteiger partial charge on any atom is 0.0948 e. The van der Waals surface area contributed by atoms with Crippen LogP contribution in [0.15, 0.2) is 18.7 Å². The second-order valence-corrected chi connectivity index (χ2v) is 7.19. The summed E-state index contributed by atoms with van der Waals surface area (Å²) >= 11 is 0. The first-order valence-corrected chi connectivity index (χ1v) is 8.03. The van der Waals surface area contributed by atoms with Gasteiger partial charge < -0.3 is 9.47 Å². The number of hydrogen-bond donors (Lipinski definition) is 0. The van der Waals surface area contributed by atoms with E-state index in [1.54, 1.807) is 0 Å². The molecule has 3 nitrogen and oxygen atoms in total. The smallest absolute Gasteiger partial charge is 0.0948 e. The van der Waals surface area contributed by atoms with Gasteiger partial charge in [-0.25, -0.2) is 4.98 Å². The van der Waals surface area contributed by atoms with Crippen LogP contribution in [-0.2, 0) is 0 Å². The molecule has 104 valence electrons. The van der Waals surface area contributed by atoms with Gasteiger partial charge >= 0.3 is 0 Å². The lowest BCUT2D eigenvalue weighted by atomic mass is 9.52. The number of likely N-dealkylation sites (tertiary alicyclic amines) is 1. The van der Waals surface area contributed by atoms with E-state index < -0.39 is 0 Å². The second kappa shape index (κ2) is 4.62. The van der Waals surface area contributed by atoms with Crippen molar-refractivity contribution in [3.05, 3.63) is 18.7 Å².